The Bertz CT molecular complexity index is 1080. The topological polar surface area (TPSA) is 76.0 Å². The van der Waals surface area contributed by atoms with Crippen molar-refractivity contribution < 1.29 is 19.1 Å². The van der Waals surface area contributed by atoms with E-state index in [1.54, 1.807) is 48.5 Å². The molecule has 1 saturated heterocycles. The highest BCUT2D eigenvalue weighted by molar-refractivity contribution is 6.30. The van der Waals surface area contributed by atoms with Crippen LogP contribution in [0.3, 0.4) is 0 Å². The number of amides is 2. The number of imide groups is 1. The second-order valence-electron chi connectivity index (χ2n) is 7.67. The first kappa shape index (κ1) is 18.8. The molecule has 2 aromatic rings. The molecule has 0 unspecified atom stereocenters. The maximum atomic E-state index is 12.7. The summed E-state index contributed by atoms with van der Waals surface area (Å²) in [6.45, 7) is 0. The largest absolute Gasteiger partial charge is 0.422 e. The first-order valence-electron chi connectivity index (χ1n) is 9.70. The molecule has 2 bridgehead atoms. The normalized spacial score (nSPS) is 26.6. The molecule has 0 aromatic heterocycles. The van der Waals surface area contributed by atoms with Crippen molar-refractivity contribution in [2.45, 2.75) is 6.42 Å². The number of halogens is 1. The van der Waals surface area contributed by atoms with Gasteiger partial charge in [-0.3, -0.25) is 9.59 Å². The summed E-state index contributed by atoms with van der Waals surface area (Å²) in [6.07, 6.45) is 6.33. The summed E-state index contributed by atoms with van der Waals surface area (Å²) in [5, 5.41) is 5.65. The van der Waals surface area contributed by atoms with E-state index < -0.39 is 5.97 Å². The van der Waals surface area contributed by atoms with Crippen LogP contribution < -0.4 is 4.74 Å². The van der Waals surface area contributed by atoms with Crippen molar-refractivity contribution >= 4 is 35.6 Å². The molecular formula is C23H17ClN2O4. The predicted molar refractivity (Wildman–Crippen MR) is 110 cm³/mol. The van der Waals surface area contributed by atoms with E-state index in [4.69, 9.17) is 16.3 Å². The molecule has 30 heavy (non-hydrogen) atoms. The summed E-state index contributed by atoms with van der Waals surface area (Å²) >= 11 is 5.85. The number of hydrogen-bond donors (Lipinski definition) is 0. The number of fused-ring (bicyclic) bond motifs is 5. The number of hydrazone groups is 1. The molecule has 150 valence electrons. The van der Waals surface area contributed by atoms with Crippen LogP contribution in [-0.4, -0.2) is 29.0 Å². The Hall–Kier alpha value is -3.25. The molecule has 7 heteroatoms. The predicted octanol–water partition coefficient (Wildman–Crippen LogP) is 3.70. The van der Waals surface area contributed by atoms with Gasteiger partial charge in [0, 0.05) is 10.6 Å². The Morgan fingerprint density at radius 3 is 2.30 bits per heavy atom. The molecule has 0 radical (unpaired) electrons. The fourth-order valence-corrected chi connectivity index (χ4v) is 4.67. The minimum absolute atomic E-state index is 0.129. The van der Waals surface area contributed by atoms with Crippen molar-refractivity contribution in [3.63, 3.8) is 0 Å². The van der Waals surface area contributed by atoms with E-state index in [2.05, 4.69) is 5.10 Å². The smallest absolute Gasteiger partial charge is 0.343 e. The lowest BCUT2D eigenvalue weighted by molar-refractivity contribution is -0.140. The van der Waals surface area contributed by atoms with Crippen LogP contribution in [0.1, 0.15) is 22.3 Å². The summed E-state index contributed by atoms with van der Waals surface area (Å²) in [7, 11) is 0. The van der Waals surface area contributed by atoms with Crippen LogP contribution in [-0.2, 0) is 9.59 Å². The van der Waals surface area contributed by atoms with Gasteiger partial charge in [-0.15, -0.1) is 0 Å². The maximum absolute atomic E-state index is 12.7. The molecule has 3 aliphatic rings. The van der Waals surface area contributed by atoms with Crippen LogP contribution in [0.25, 0.3) is 0 Å². The minimum Gasteiger partial charge on any atom is -0.422 e. The molecule has 0 N–H and O–H groups in total. The fraction of sp³-hybridized carbons (Fsp3) is 0.217. The van der Waals surface area contributed by atoms with Crippen LogP contribution in [0.5, 0.6) is 5.75 Å². The number of nitrogens with zero attached hydrogens (tertiary/aromatic N) is 2. The van der Waals surface area contributed by atoms with Gasteiger partial charge in [0.05, 0.1) is 23.6 Å². The van der Waals surface area contributed by atoms with Gasteiger partial charge in [-0.2, -0.15) is 10.1 Å². The molecule has 1 aliphatic heterocycles. The number of ether oxygens (including phenoxy) is 1. The molecular weight excluding hydrogens is 404 g/mol. The van der Waals surface area contributed by atoms with Crippen LogP contribution in [0.4, 0.5) is 0 Å². The lowest BCUT2D eigenvalue weighted by Crippen LogP contribution is -2.28. The molecule has 2 fully saturated rings. The van der Waals surface area contributed by atoms with Gasteiger partial charge in [-0.1, -0.05) is 35.9 Å². The van der Waals surface area contributed by atoms with Gasteiger partial charge in [-0.25, -0.2) is 4.79 Å². The number of benzene rings is 2. The number of hydrogen-bond acceptors (Lipinski definition) is 5. The van der Waals surface area contributed by atoms with Crippen molar-refractivity contribution in [1.82, 2.24) is 5.01 Å². The third kappa shape index (κ3) is 3.04. The zero-order valence-corrected chi connectivity index (χ0v) is 16.5. The average Bonchev–Trinajstić information content (AvgIpc) is 3.42. The number of esters is 1. The van der Waals surface area contributed by atoms with Gasteiger partial charge in [0.2, 0.25) is 0 Å². The summed E-state index contributed by atoms with van der Waals surface area (Å²) in [4.78, 5) is 37.9. The van der Waals surface area contributed by atoms with E-state index in [0.717, 1.165) is 11.4 Å². The van der Waals surface area contributed by atoms with Crippen molar-refractivity contribution in [2.24, 2.45) is 28.8 Å². The van der Waals surface area contributed by atoms with E-state index in [1.807, 2.05) is 12.2 Å². The number of carbonyl (C=O) groups is 3. The minimum atomic E-state index is -0.543. The van der Waals surface area contributed by atoms with Crippen molar-refractivity contribution in [2.75, 3.05) is 0 Å². The van der Waals surface area contributed by atoms with E-state index in [1.165, 1.54) is 6.21 Å². The summed E-state index contributed by atoms with van der Waals surface area (Å²) in [5.74, 6) is -1.12. The Labute approximate surface area is 177 Å². The number of para-hydroxylation sites is 1. The highest BCUT2D eigenvalue weighted by Crippen LogP contribution is 2.52. The third-order valence-corrected chi connectivity index (χ3v) is 6.21. The van der Waals surface area contributed by atoms with E-state index in [0.29, 0.717) is 16.1 Å². The van der Waals surface area contributed by atoms with Gasteiger partial charge in [-0.05, 0) is 54.7 Å². The van der Waals surface area contributed by atoms with Crippen molar-refractivity contribution in [1.29, 1.82) is 0 Å². The van der Waals surface area contributed by atoms with Gasteiger partial charge >= 0.3 is 5.97 Å². The molecule has 0 spiro atoms. The Balaban J connectivity index is 1.35. The molecule has 4 atom stereocenters. The molecule has 1 saturated carbocycles. The number of rotatable bonds is 4. The highest BCUT2D eigenvalue weighted by Gasteiger charge is 2.59. The first-order valence-corrected chi connectivity index (χ1v) is 10.1. The molecule has 6 nitrogen and oxygen atoms in total. The average molecular weight is 421 g/mol. The number of allylic oxidation sites excluding steroid dienone is 2. The maximum Gasteiger partial charge on any atom is 0.343 e. The highest BCUT2D eigenvalue weighted by atomic mass is 35.5. The molecule has 2 amide bonds. The van der Waals surface area contributed by atoms with Crippen LogP contribution in [0, 0.1) is 23.7 Å². The molecule has 2 aliphatic carbocycles. The third-order valence-electron chi connectivity index (χ3n) is 5.96. The SMILES string of the molecule is O=C(Oc1ccccc1C=NN1C(=O)[C@@H]2[C@H](C1=O)[C@H]1C=C[C@H]2C1)c1ccc(Cl)cc1. The Morgan fingerprint density at radius 1 is 1.00 bits per heavy atom. The lowest BCUT2D eigenvalue weighted by Gasteiger charge is -2.13. The zero-order chi connectivity index (χ0) is 20.8. The van der Waals surface area contributed by atoms with E-state index >= 15 is 0 Å². The van der Waals surface area contributed by atoms with Crippen LogP contribution in [0.2, 0.25) is 5.02 Å². The van der Waals surface area contributed by atoms with Gasteiger partial charge in [0.1, 0.15) is 5.75 Å². The summed E-state index contributed by atoms with van der Waals surface area (Å²) in [6, 6.07) is 13.2. The monoisotopic (exact) mass is 420 g/mol. The van der Waals surface area contributed by atoms with Crippen molar-refractivity contribution in [3.05, 3.63) is 76.8 Å². The lowest BCUT2D eigenvalue weighted by atomic mass is 9.85. The molecule has 2 aromatic carbocycles. The summed E-state index contributed by atoms with van der Waals surface area (Å²) < 4.78 is 5.49. The van der Waals surface area contributed by atoms with Crippen LogP contribution in [0.15, 0.2) is 65.8 Å². The Morgan fingerprint density at radius 2 is 1.63 bits per heavy atom. The van der Waals surface area contributed by atoms with E-state index in [-0.39, 0.29) is 41.2 Å². The second kappa shape index (κ2) is 7.22. The first-order chi connectivity index (χ1) is 14.5. The van der Waals surface area contributed by atoms with Gasteiger partial charge in [0.25, 0.3) is 11.8 Å². The number of carbonyl (C=O) groups excluding carboxylic acids is 3. The van der Waals surface area contributed by atoms with Gasteiger partial charge in [0.15, 0.2) is 0 Å². The second-order valence-corrected chi connectivity index (χ2v) is 8.10. The zero-order valence-electron chi connectivity index (χ0n) is 15.8. The molecule has 5 rings (SSSR count). The Kier molecular flexibility index (Phi) is 4.51. The standard InChI is InChI=1S/C23H17ClN2O4/c24-17-9-7-13(8-10-17)23(29)30-18-4-2-1-3-16(18)12-25-26-21(27)19-14-5-6-15(11-14)20(19)22(26)28/h1-10,12,14-15,19-20H,11H2/t14-,15-,19-,20+/m0/s1. The summed E-state index contributed by atoms with van der Waals surface area (Å²) in [5.41, 5.74) is 0.838. The quantitative estimate of drug-likeness (QED) is 0.248. The van der Waals surface area contributed by atoms with E-state index in [9.17, 15) is 14.4 Å². The van der Waals surface area contributed by atoms with Gasteiger partial charge < -0.3 is 4.74 Å². The molecule has 1 heterocycles. The van der Waals surface area contributed by atoms with Crippen molar-refractivity contribution in [3.8, 4) is 5.75 Å². The fourth-order valence-electron chi connectivity index (χ4n) is 4.55. The van der Waals surface area contributed by atoms with Crippen LogP contribution >= 0.6 is 11.6 Å².